The van der Waals surface area contributed by atoms with Crippen LogP contribution in [0, 0.1) is 5.92 Å². The zero-order valence-electron chi connectivity index (χ0n) is 28.1. The average molecular weight is 660 g/mol. The largest absolute Gasteiger partial charge is 0.508 e. The fourth-order valence-corrected chi connectivity index (χ4v) is 9.19. The molecule has 2 bridgehead atoms. The molecule has 2 aromatic rings. The van der Waals surface area contributed by atoms with Crippen LogP contribution in [0.3, 0.4) is 0 Å². The molecule has 3 amide bonds. The molecule has 48 heavy (non-hydrogen) atoms. The molecule has 7 rings (SSSR count). The molecule has 1 saturated heterocycles. The Morgan fingerprint density at radius 3 is 2.62 bits per heavy atom. The number of likely N-dealkylation sites (N-methyl/N-ethyl adjacent to an activating group) is 2. The van der Waals surface area contributed by atoms with E-state index >= 15 is 0 Å². The summed E-state index contributed by atoms with van der Waals surface area (Å²) in [7, 11) is 3.93. The highest BCUT2D eigenvalue weighted by atomic mass is 16.6. The number of hydrogen-bond donors (Lipinski definition) is 4. The number of likely N-dealkylation sites (tertiary alicyclic amines) is 1. The number of aliphatic hydroxyl groups is 1. The van der Waals surface area contributed by atoms with E-state index < -0.39 is 23.2 Å². The highest BCUT2D eigenvalue weighted by Gasteiger charge is 2.75. The molecule has 3 aliphatic carbocycles. The molecule has 2 aromatic carbocycles. The van der Waals surface area contributed by atoms with Gasteiger partial charge in [0.2, 0.25) is 11.8 Å². The van der Waals surface area contributed by atoms with Gasteiger partial charge in [0.05, 0.1) is 25.6 Å². The van der Waals surface area contributed by atoms with Crippen molar-refractivity contribution >= 4 is 17.9 Å². The lowest BCUT2D eigenvalue weighted by atomic mass is 9.48. The molecule has 11 heteroatoms. The molecular formula is C37H47N4O7+. The molecule has 2 aliphatic heterocycles. The number of benzene rings is 2. The van der Waals surface area contributed by atoms with Gasteiger partial charge in [-0.1, -0.05) is 24.8 Å². The Bertz CT molecular complexity index is 1660. The summed E-state index contributed by atoms with van der Waals surface area (Å²) in [5, 5.41) is 27.8. The minimum Gasteiger partial charge on any atom is -0.508 e. The van der Waals surface area contributed by atoms with Crippen molar-refractivity contribution in [3.05, 3.63) is 65.2 Å². The molecular weight excluding hydrogens is 612 g/mol. The van der Waals surface area contributed by atoms with Crippen molar-refractivity contribution in [1.82, 2.24) is 15.5 Å². The molecule has 1 spiro atoms. The van der Waals surface area contributed by atoms with Crippen molar-refractivity contribution in [3.8, 4) is 17.2 Å². The molecule has 5 aliphatic rings. The van der Waals surface area contributed by atoms with Crippen LogP contribution < -0.4 is 20.1 Å². The number of hydrogen-bond acceptors (Lipinski definition) is 7. The van der Waals surface area contributed by atoms with Crippen molar-refractivity contribution in [2.24, 2.45) is 5.92 Å². The Kier molecular flexibility index (Phi) is 7.98. The van der Waals surface area contributed by atoms with Gasteiger partial charge in [0, 0.05) is 57.8 Å². The number of quaternary nitrogens is 1. The highest BCUT2D eigenvalue weighted by molar-refractivity contribution is 5.87. The average Bonchev–Trinajstić information content (AvgIpc) is 3.77. The van der Waals surface area contributed by atoms with Gasteiger partial charge in [-0.05, 0) is 60.6 Å². The van der Waals surface area contributed by atoms with Crippen molar-refractivity contribution in [3.63, 3.8) is 0 Å². The summed E-state index contributed by atoms with van der Waals surface area (Å²) >= 11 is 0. The number of aromatic hydroxyl groups is 1. The zero-order chi connectivity index (χ0) is 34.0. The van der Waals surface area contributed by atoms with E-state index in [-0.39, 0.29) is 49.2 Å². The quantitative estimate of drug-likeness (QED) is 0.228. The van der Waals surface area contributed by atoms with Crippen LogP contribution in [-0.4, -0.2) is 102 Å². The second-order valence-corrected chi connectivity index (χ2v) is 15.0. The van der Waals surface area contributed by atoms with Crippen molar-refractivity contribution in [1.29, 1.82) is 0 Å². The number of nitrogens with zero attached hydrogens (tertiary/aromatic N) is 2. The van der Waals surface area contributed by atoms with Gasteiger partial charge < -0.3 is 39.7 Å². The molecule has 3 fully saturated rings. The van der Waals surface area contributed by atoms with Crippen molar-refractivity contribution < 1.29 is 38.6 Å². The Morgan fingerprint density at radius 1 is 1.17 bits per heavy atom. The first-order valence-corrected chi connectivity index (χ1v) is 17.2. The number of carbonyl (C=O) groups is 3. The van der Waals surface area contributed by atoms with Crippen LogP contribution in [0.1, 0.15) is 55.7 Å². The Morgan fingerprint density at radius 2 is 1.92 bits per heavy atom. The molecule has 4 N–H and O–H groups in total. The summed E-state index contributed by atoms with van der Waals surface area (Å²) in [5.41, 5.74) is 2.36. The van der Waals surface area contributed by atoms with Gasteiger partial charge in [-0.25, -0.2) is 4.79 Å². The Balaban J connectivity index is 1.04. The van der Waals surface area contributed by atoms with Gasteiger partial charge in [-0.2, -0.15) is 0 Å². The third-order valence-corrected chi connectivity index (χ3v) is 11.7. The first kappa shape index (κ1) is 32.5. The maximum absolute atomic E-state index is 13.3. The number of carbonyl (C=O) groups excluding carboxylic acids is 3. The van der Waals surface area contributed by atoms with Crippen LogP contribution in [0.25, 0.3) is 0 Å². The number of phenols is 1. The van der Waals surface area contributed by atoms with E-state index in [2.05, 4.69) is 24.3 Å². The van der Waals surface area contributed by atoms with E-state index in [1.807, 2.05) is 12.1 Å². The SMILES string of the molecule is C=C1CC[C@@]2(O)[C@H]3Cc4ccc(OC(=O)N(C)CCNC(=O)[C@H](Cc5ccc(O)cc5)NC(C)=O)c5c4[C@@]2(CC[N+]3(C)CC2CC2)[C@H]1O5. The van der Waals surface area contributed by atoms with Crippen LogP contribution in [0.5, 0.6) is 17.2 Å². The first-order valence-electron chi connectivity index (χ1n) is 17.2. The third-order valence-electron chi connectivity index (χ3n) is 11.7. The predicted octanol–water partition coefficient (Wildman–Crippen LogP) is 2.95. The fourth-order valence-electron chi connectivity index (χ4n) is 9.19. The van der Waals surface area contributed by atoms with Crippen molar-refractivity contribution in [2.75, 3.05) is 40.3 Å². The number of amides is 3. The van der Waals surface area contributed by atoms with E-state index in [0.29, 0.717) is 24.3 Å². The van der Waals surface area contributed by atoms with E-state index in [9.17, 15) is 24.6 Å². The van der Waals surface area contributed by atoms with Crippen LogP contribution in [-0.2, 0) is 27.8 Å². The summed E-state index contributed by atoms with van der Waals surface area (Å²) in [6.45, 7) is 8.11. The van der Waals surface area contributed by atoms with E-state index in [1.54, 1.807) is 19.2 Å². The lowest BCUT2D eigenvalue weighted by molar-refractivity contribution is -0.950. The molecule has 11 nitrogen and oxygen atoms in total. The van der Waals surface area contributed by atoms with E-state index in [1.165, 1.54) is 36.8 Å². The zero-order valence-corrected chi connectivity index (χ0v) is 28.1. The maximum Gasteiger partial charge on any atom is 0.415 e. The van der Waals surface area contributed by atoms with Gasteiger partial charge in [0.1, 0.15) is 29.5 Å². The van der Waals surface area contributed by atoms with Crippen LogP contribution in [0.2, 0.25) is 0 Å². The van der Waals surface area contributed by atoms with Gasteiger partial charge >= 0.3 is 6.09 Å². The minimum atomic E-state index is -0.936. The minimum absolute atomic E-state index is 0.0746. The Labute approximate surface area is 281 Å². The van der Waals surface area contributed by atoms with Gasteiger partial charge in [-0.15, -0.1) is 0 Å². The molecule has 2 heterocycles. The fraction of sp³-hybridized carbons (Fsp3) is 0.541. The number of ether oxygens (including phenoxy) is 2. The monoisotopic (exact) mass is 659 g/mol. The van der Waals surface area contributed by atoms with E-state index in [0.717, 1.165) is 58.6 Å². The summed E-state index contributed by atoms with van der Waals surface area (Å²) in [4.78, 5) is 39.5. The molecule has 1 unspecified atom stereocenters. The van der Waals surface area contributed by atoms with Crippen LogP contribution in [0.15, 0.2) is 48.6 Å². The number of rotatable bonds is 10. The highest BCUT2D eigenvalue weighted by Crippen LogP contribution is 2.67. The normalized spacial score (nSPS) is 30.0. The first-order chi connectivity index (χ1) is 22.8. The van der Waals surface area contributed by atoms with Gasteiger partial charge in [0.25, 0.3) is 0 Å². The van der Waals surface area contributed by atoms with E-state index in [4.69, 9.17) is 9.47 Å². The van der Waals surface area contributed by atoms with Crippen LogP contribution in [0.4, 0.5) is 4.79 Å². The Hall–Kier alpha value is -4.09. The smallest absolute Gasteiger partial charge is 0.415 e. The van der Waals surface area contributed by atoms with Gasteiger partial charge in [-0.3, -0.25) is 9.59 Å². The number of nitrogens with one attached hydrogen (secondary N) is 2. The maximum atomic E-state index is 13.3. The summed E-state index contributed by atoms with van der Waals surface area (Å²) in [5.74, 6) is 0.999. The number of piperidine rings is 1. The second kappa shape index (κ2) is 11.8. The van der Waals surface area contributed by atoms with Crippen molar-refractivity contribution in [2.45, 2.75) is 81.1 Å². The second-order valence-electron chi connectivity index (χ2n) is 15.0. The molecule has 0 aromatic heterocycles. The standard InChI is InChI=1S/C37H46N4O7/c1-22-13-14-37(46)30-20-26-9-12-29(32-31(26)36(37,33(22)48-32)15-18-41(30,4)21-25-5-6-25)47-35(45)40(3)17-16-38-34(44)28(39-23(2)42)19-24-7-10-27(43)11-8-24/h7-12,25,28,30,33,46H,1,5-6,13-21H2,2-4H3,(H2-,38,39,42,43,44)/p+1/t28-,30+,33-,36-,37+,41?/m0/s1. The molecule has 256 valence electrons. The number of phenolic OH excluding ortho intramolecular Hbond substituents is 1. The summed E-state index contributed by atoms with van der Waals surface area (Å²) in [6.07, 6.45) is 4.74. The predicted molar refractivity (Wildman–Crippen MR) is 178 cm³/mol. The summed E-state index contributed by atoms with van der Waals surface area (Å²) < 4.78 is 13.5. The lowest BCUT2D eigenvalue weighted by Crippen LogP contribution is -2.80. The third kappa shape index (κ3) is 5.31. The molecule has 2 saturated carbocycles. The van der Waals surface area contributed by atoms with Gasteiger partial charge in [0.15, 0.2) is 11.5 Å². The lowest BCUT2D eigenvalue weighted by Gasteiger charge is -2.65. The molecule has 6 atom stereocenters. The topological polar surface area (TPSA) is 137 Å². The summed E-state index contributed by atoms with van der Waals surface area (Å²) in [6, 6.07) is 9.55. The molecule has 0 radical (unpaired) electrons. The van der Waals surface area contributed by atoms with Crippen LogP contribution >= 0.6 is 0 Å².